The molecule has 1 aliphatic rings. The highest BCUT2D eigenvalue weighted by Gasteiger charge is 2.18. The van der Waals surface area contributed by atoms with Crippen molar-refractivity contribution >= 4 is 17.4 Å². The van der Waals surface area contributed by atoms with Crippen LogP contribution in [-0.2, 0) is 13.0 Å². The van der Waals surface area contributed by atoms with E-state index in [4.69, 9.17) is 21.3 Å². The monoisotopic (exact) mass is 433 g/mol. The Morgan fingerprint density at radius 2 is 1.87 bits per heavy atom. The number of benzene rings is 2. The molecule has 0 atom stereocenters. The van der Waals surface area contributed by atoms with Crippen LogP contribution < -0.4 is 10.3 Å². The molecular formula is C25H24ClN3O2. The molecule has 1 aliphatic heterocycles. The summed E-state index contributed by atoms with van der Waals surface area (Å²) in [5.41, 5.74) is 4.74. The fraction of sp³-hybridized carbons (Fsp3) is 0.280. The molecule has 0 spiro atoms. The maximum Gasteiger partial charge on any atom is 0.259 e. The molecule has 4 aromatic rings. The molecular weight excluding hydrogens is 410 g/mol. The molecule has 0 radical (unpaired) electrons. The number of imidazole rings is 1. The van der Waals surface area contributed by atoms with Gasteiger partial charge in [0.1, 0.15) is 5.75 Å². The van der Waals surface area contributed by atoms with E-state index in [9.17, 15) is 4.79 Å². The van der Waals surface area contributed by atoms with Crippen LogP contribution in [0.15, 0.2) is 59.5 Å². The van der Waals surface area contributed by atoms with Crippen LogP contribution in [0, 0.1) is 0 Å². The van der Waals surface area contributed by atoms with Gasteiger partial charge in [-0.15, -0.1) is 0 Å². The van der Waals surface area contributed by atoms with Gasteiger partial charge in [-0.25, -0.2) is 4.98 Å². The van der Waals surface area contributed by atoms with Crippen LogP contribution in [0.2, 0.25) is 5.02 Å². The number of halogens is 1. The number of fused-ring (bicyclic) bond motifs is 2. The molecule has 0 saturated carbocycles. The van der Waals surface area contributed by atoms with Crippen molar-refractivity contribution in [3.05, 3.63) is 75.7 Å². The van der Waals surface area contributed by atoms with Crippen LogP contribution in [0.4, 0.5) is 0 Å². The second-order valence-electron chi connectivity index (χ2n) is 7.95. The summed E-state index contributed by atoms with van der Waals surface area (Å²) < 4.78 is 9.50. The number of hydrogen-bond acceptors (Lipinski definition) is 3. The molecule has 158 valence electrons. The van der Waals surface area contributed by atoms with Gasteiger partial charge in [0.15, 0.2) is 0 Å². The predicted octanol–water partition coefficient (Wildman–Crippen LogP) is 5.61. The lowest BCUT2D eigenvalue weighted by molar-refractivity contribution is 0.357. The summed E-state index contributed by atoms with van der Waals surface area (Å²) in [5, 5.41) is 0.660. The van der Waals surface area contributed by atoms with Crippen LogP contribution in [0.25, 0.3) is 28.3 Å². The van der Waals surface area contributed by atoms with Gasteiger partial charge in [0.05, 0.1) is 18.0 Å². The van der Waals surface area contributed by atoms with Crippen LogP contribution in [0.1, 0.15) is 31.7 Å². The fourth-order valence-electron chi connectivity index (χ4n) is 4.18. The number of hydrogen-bond donors (Lipinski definition) is 0. The summed E-state index contributed by atoms with van der Waals surface area (Å²) in [6.45, 7) is 3.73. The Kier molecular flexibility index (Phi) is 5.28. The maximum atomic E-state index is 13.0. The Balaban J connectivity index is 1.68. The summed E-state index contributed by atoms with van der Waals surface area (Å²) in [6.07, 6.45) is 6.12. The maximum absolute atomic E-state index is 13.0. The molecule has 5 nitrogen and oxygen atoms in total. The van der Waals surface area contributed by atoms with Crippen molar-refractivity contribution in [1.82, 2.24) is 14.0 Å². The first-order chi connectivity index (χ1) is 15.1. The lowest BCUT2D eigenvalue weighted by Gasteiger charge is -2.11. The zero-order valence-corrected chi connectivity index (χ0v) is 18.2. The Bertz CT molecular complexity index is 1310. The number of unbranched alkanes of at least 4 members (excludes halogenated alkanes) is 2. The summed E-state index contributed by atoms with van der Waals surface area (Å²) >= 11 is 6.03. The van der Waals surface area contributed by atoms with Crippen molar-refractivity contribution in [3.8, 4) is 28.3 Å². The quantitative estimate of drug-likeness (QED) is 0.371. The SMILES string of the molecule is CCCCCn1c(-c2ccc3c(c2)CCO3)cn2c(=O)cc(-c3ccc(Cl)cc3)nc12. The summed E-state index contributed by atoms with van der Waals surface area (Å²) in [4.78, 5) is 17.9. The molecule has 5 rings (SSSR count). The number of ether oxygens (including phenoxy) is 1. The number of nitrogens with zero attached hydrogens (tertiary/aromatic N) is 3. The number of rotatable bonds is 6. The first-order valence-corrected chi connectivity index (χ1v) is 11.2. The smallest absolute Gasteiger partial charge is 0.259 e. The lowest BCUT2D eigenvalue weighted by Crippen LogP contribution is -2.14. The van der Waals surface area contributed by atoms with Gasteiger partial charge in [0.2, 0.25) is 5.78 Å². The molecule has 0 saturated heterocycles. The third-order valence-electron chi connectivity index (χ3n) is 5.83. The Morgan fingerprint density at radius 3 is 2.68 bits per heavy atom. The predicted molar refractivity (Wildman–Crippen MR) is 124 cm³/mol. The van der Waals surface area contributed by atoms with E-state index in [-0.39, 0.29) is 5.56 Å². The second-order valence-corrected chi connectivity index (χ2v) is 8.39. The van der Waals surface area contributed by atoms with Gasteiger partial charge in [-0.1, -0.05) is 43.5 Å². The van der Waals surface area contributed by atoms with Crippen LogP contribution >= 0.6 is 11.6 Å². The van der Waals surface area contributed by atoms with Crippen molar-refractivity contribution < 1.29 is 4.74 Å². The van der Waals surface area contributed by atoms with E-state index < -0.39 is 0 Å². The van der Waals surface area contributed by atoms with E-state index >= 15 is 0 Å². The molecule has 0 amide bonds. The minimum atomic E-state index is -0.0880. The van der Waals surface area contributed by atoms with Crippen LogP contribution in [-0.4, -0.2) is 20.6 Å². The molecule has 0 bridgehead atoms. The summed E-state index contributed by atoms with van der Waals surface area (Å²) in [5.74, 6) is 1.62. The Labute approximate surface area is 185 Å². The second kappa shape index (κ2) is 8.23. The van der Waals surface area contributed by atoms with E-state index in [1.165, 1.54) is 5.56 Å². The highest BCUT2D eigenvalue weighted by Crippen LogP contribution is 2.32. The van der Waals surface area contributed by atoms with Gasteiger partial charge in [0, 0.05) is 41.4 Å². The molecule has 2 aromatic carbocycles. The van der Waals surface area contributed by atoms with Crippen molar-refractivity contribution in [2.45, 2.75) is 39.2 Å². The Morgan fingerprint density at radius 1 is 1.06 bits per heavy atom. The van der Waals surface area contributed by atoms with Crippen molar-refractivity contribution in [2.24, 2.45) is 0 Å². The van der Waals surface area contributed by atoms with Crippen molar-refractivity contribution in [3.63, 3.8) is 0 Å². The van der Waals surface area contributed by atoms with Gasteiger partial charge in [-0.3, -0.25) is 9.20 Å². The molecule has 3 heterocycles. The zero-order valence-electron chi connectivity index (χ0n) is 17.5. The molecule has 6 heteroatoms. The van der Waals surface area contributed by atoms with Gasteiger partial charge in [-0.05, 0) is 42.3 Å². The van der Waals surface area contributed by atoms with Crippen molar-refractivity contribution in [1.29, 1.82) is 0 Å². The molecule has 31 heavy (non-hydrogen) atoms. The molecule has 2 aromatic heterocycles. The van der Waals surface area contributed by atoms with E-state index in [0.717, 1.165) is 61.4 Å². The zero-order chi connectivity index (χ0) is 21.4. The van der Waals surface area contributed by atoms with E-state index in [2.05, 4.69) is 23.6 Å². The fourth-order valence-corrected chi connectivity index (χ4v) is 4.30. The number of aromatic nitrogens is 3. The highest BCUT2D eigenvalue weighted by atomic mass is 35.5. The summed E-state index contributed by atoms with van der Waals surface area (Å²) in [6, 6.07) is 15.3. The first-order valence-electron chi connectivity index (χ1n) is 10.8. The van der Waals surface area contributed by atoms with E-state index in [1.807, 2.05) is 36.5 Å². The normalized spacial score (nSPS) is 12.8. The molecule has 0 unspecified atom stereocenters. The minimum Gasteiger partial charge on any atom is -0.493 e. The molecule has 0 aliphatic carbocycles. The Hall–Kier alpha value is -3.05. The largest absolute Gasteiger partial charge is 0.493 e. The third kappa shape index (κ3) is 3.74. The van der Waals surface area contributed by atoms with Crippen LogP contribution in [0.5, 0.6) is 5.75 Å². The van der Waals surface area contributed by atoms with Gasteiger partial charge in [-0.2, -0.15) is 0 Å². The molecule has 0 fully saturated rings. The minimum absolute atomic E-state index is 0.0880. The van der Waals surface area contributed by atoms with Gasteiger partial charge >= 0.3 is 0 Å². The highest BCUT2D eigenvalue weighted by molar-refractivity contribution is 6.30. The topological polar surface area (TPSA) is 48.5 Å². The average molecular weight is 434 g/mol. The van der Waals surface area contributed by atoms with Crippen molar-refractivity contribution in [2.75, 3.05) is 6.61 Å². The van der Waals surface area contributed by atoms with E-state index in [0.29, 0.717) is 16.5 Å². The molecule has 0 N–H and O–H groups in total. The number of aryl methyl sites for hydroxylation is 1. The lowest BCUT2D eigenvalue weighted by atomic mass is 10.1. The third-order valence-corrected chi connectivity index (χ3v) is 6.08. The standard InChI is InChI=1S/C25H24ClN3O2/c1-2-3-4-12-28-22(18-7-10-23-19(14-18)11-13-31-23)16-29-24(30)15-21(27-25(28)29)17-5-8-20(26)9-6-17/h5-10,14-16H,2-4,11-13H2,1H3. The van der Waals surface area contributed by atoms with Crippen LogP contribution in [0.3, 0.4) is 0 Å². The van der Waals surface area contributed by atoms with Gasteiger partial charge in [0.25, 0.3) is 5.56 Å². The average Bonchev–Trinajstić information content (AvgIpc) is 3.39. The first kappa shape index (κ1) is 19.9. The van der Waals surface area contributed by atoms with Gasteiger partial charge < -0.3 is 9.30 Å². The summed E-state index contributed by atoms with van der Waals surface area (Å²) in [7, 11) is 0. The van der Waals surface area contributed by atoms with E-state index in [1.54, 1.807) is 10.5 Å².